The summed E-state index contributed by atoms with van der Waals surface area (Å²) in [7, 11) is -3.06. The van der Waals surface area contributed by atoms with Crippen LogP contribution in [0.2, 0.25) is 0 Å². The molecule has 2 heterocycles. The van der Waals surface area contributed by atoms with Crippen molar-refractivity contribution in [3.63, 3.8) is 0 Å². The van der Waals surface area contributed by atoms with Crippen molar-refractivity contribution in [2.75, 3.05) is 18.8 Å². The summed E-state index contributed by atoms with van der Waals surface area (Å²) in [6.45, 7) is 6.24. The molecule has 0 aromatic heterocycles. The fourth-order valence-corrected chi connectivity index (χ4v) is 5.73. The van der Waals surface area contributed by atoms with Crippen LogP contribution in [0.1, 0.15) is 52.4 Å². The van der Waals surface area contributed by atoms with Gasteiger partial charge in [-0.2, -0.15) is 4.31 Å². The van der Waals surface area contributed by atoms with Gasteiger partial charge in [0.1, 0.15) is 0 Å². The van der Waals surface area contributed by atoms with E-state index in [9.17, 15) is 8.42 Å². The highest BCUT2D eigenvalue weighted by Crippen LogP contribution is 2.30. The van der Waals surface area contributed by atoms with Gasteiger partial charge >= 0.3 is 0 Å². The van der Waals surface area contributed by atoms with Crippen LogP contribution < -0.4 is 5.32 Å². The van der Waals surface area contributed by atoms with Crippen LogP contribution in [0.15, 0.2) is 0 Å². The van der Waals surface area contributed by atoms with Gasteiger partial charge in [0.05, 0.1) is 5.75 Å². The second-order valence-electron chi connectivity index (χ2n) is 6.12. The molecular weight excluding hydrogens is 260 g/mol. The van der Waals surface area contributed by atoms with E-state index in [4.69, 9.17) is 0 Å². The van der Waals surface area contributed by atoms with Gasteiger partial charge in [-0.05, 0) is 64.5 Å². The number of hydrogen-bond acceptors (Lipinski definition) is 3. The van der Waals surface area contributed by atoms with Crippen molar-refractivity contribution in [3.8, 4) is 0 Å². The molecular formula is C14H28N2O2S. The zero-order valence-corrected chi connectivity index (χ0v) is 13.1. The zero-order valence-electron chi connectivity index (χ0n) is 12.3. The lowest BCUT2D eigenvalue weighted by Gasteiger charge is -2.28. The number of nitrogens with one attached hydrogen (secondary N) is 1. The largest absolute Gasteiger partial charge is 0.317 e. The highest BCUT2D eigenvalue weighted by atomic mass is 32.2. The molecule has 5 heteroatoms. The summed E-state index contributed by atoms with van der Waals surface area (Å²) < 4.78 is 26.9. The van der Waals surface area contributed by atoms with Crippen molar-refractivity contribution < 1.29 is 8.42 Å². The van der Waals surface area contributed by atoms with Gasteiger partial charge in [0, 0.05) is 12.1 Å². The van der Waals surface area contributed by atoms with Crippen molar-refractivity contribution in [3.05, 3.63) is 0 Å². The summed E-state index contributed by atoms with van der Waals surface area (Å²) in [5.41, 5.74) is 0. The molecule has 2 fully saturated rings. The molecule has 0 aromatic rings. The predicted molar refractivity (Wildman–Crippen MR) is 78.6 cm³/mol. The van der Waals surface area contributed by atoms with Crippen LogP contribution in [-0.4, -0.2) is 43.6 Å². The minimum absolute atomic E-state index is 0.197. The van der Waals surface area contributed by atoms with E-state index in [1.54, 1.807) is 0 Å². The molecule has 0 aliphatic carbocycles. The fraction of sp³-hybridized carbons (Fsp3) is 1.00. The minimum Gasteiger partial charge on any atom is -0.317 e. The molecule has 1 N–H and O–H groups in total. The molecule has 2 atom stereocenters. The number of nitrogens with zero attached hydrogens (tertiary/aromatic N) is 1. The Kier molecular flexibility index (Phi) is 5.26. The van der Waals surface area contributed by atoms with Crippen LogP contribution in [0, 0.1) is 5.92 Å². The van der Waals surface area contributed by atoms with Gasteiger partial charge in [0.2, 0.25) is 10.0 Å². The second kappa shape index (κ2) is 6.55. The summed E-state index contributed by atoms with van der Waals surface area (Å²) in [5.74, 6) is 0.937. The van der Waals surface area contributed by atoms with E-state index in [0.717, 1.165) is 51.6 Å². The van der Waals surface area contributed by atoms with Crippen molar-refractivity contribution >= 4 is 10.0 Å². The maximum atomic E-state index is 12.6. The lowest BCUT2D eigenvalue weighted by atomic mass is 9.96. The first-order valence-corrected chi connectivity index (χ1v) is 9.37. The smallest absolute Gasteiger partial charge is 0.214 e. The van der Waals surface area contributed by atoms with Crippen LogP contribution >= 0.6 is 0 Å². The maximum absolute atomic E-state index is 12.6. The first-order chi connectivity index (χ1) is 9.04. The average molecular weight is 288 g/mol. The third-order valence-electron chi connectivity index (χ3n) is 4.75. The molecule has 4 nitrogen and oxygen atoms in total. The first kappa shape index (κ1) is 15.3. The summed E-state index contributed by atoms with van der Waals surface area (Å²) >= 11 is 0. The van der Waals surface area contributed by atoms with Crippen molar-refractivity contribution in [2.45, 2.75) is 64.5 Å². The van der Waals surface area contributed by atoms with Gasteiger partial charge in [-0.1, -0.05) is 6.92 Å². The maximum Gasteiger partial charge on any atom is 0.214 e. The van der Waals surface area contributed by atoms with Gasteiger partial charge in [-0.25, -0.2) is 8.42 Å². The van der Waals surface area contributed by atoms with Crippen LogP contribution in [0.5, 0.6) is 0 Å². The van der Waals surface area contributed by atoms with E-state index in [2.05, 4.69) is 19.2 Å². The number of sulfonamides is 1. The van der Waals surface area contributed by atoms with E-state index in [0.29, 0.717) is 11.7 Å². The standard InChI is InChI=1S/C14H28N2O2S/c1-3-14-5-4-12(2)16(14)19(17,18)11-8-13-6-9-15-10-7-13/h12-15H,3-11H2,1-2H3. The van der Waals surface area contributed by atoms with Gasteiger partial charge in [0.15, 0.2) is 0 Å². The van der Waals surface area contributed by atoms with Crippen molar-refractivity contribution in [1.82, 2.24) is 9.62 Å². The summed E-state index contributed by atoms with van der Waals surface area (Å²) in [5, 5.41) is 3.33. The molecule has 0 amide bonds. The Morgan fingerprint density at radius 1 is 1.16 bits per heavy atom. The molecule has 0 spiro atoms. The first-order valence-electron chi connectivity index (χ1n) is 7.76. The molecule has 2 aliphatic heterocycles. The van der Waals surface area contributed by atoms with Gasteiger partial charge in [-0.15, -0.1) is 0 Å². The molecule has 2 saturated heterocycles. The Morgan fingerprint density at radius 3 is 2.47 bits per heavy atom. The average Bonchev–Trinajstić information content (AvgIpc) is 2.80. The van der Waals surface area contributed by atoms with Crippen molar-refractivity contribution in [1.29, 1.82) is 0 Å². The summed E-state index contributed by atoms with van der Waals surface area (Å²) in [6.07, 6.45) is 6.08. The molecule has 19 heavy (non-hydrogen) atoms. The van der Waals surface area contributed by atoms with E-state index in [1.807, 2.05) is 4.31 Å². The van der Waals surface area contributed by atoms with Crippen LogP contribution in [0.25, 0.3) is 0 Å². The summed E-state index contributed by atoms with van der Waals surface area (Å²) in [4.78, 5) is 0. The minimum atomic E-state index is -3.06. The molecule has 0 bridgehead atoms. The van der Waals surface area contributed by atoms with Gasteiger partial charge in [0.25, 0.3) is 0 Å². The topological polar surface area (TPSA) is 49.4 Å². The lowest BCUT2D eigenvalue weighted by Crippen LogP contribution is -2.41. The Balaban J connectivity index is 1.93. The van der Waals surface area contributed by atoms with E-state index < -0.39 is 10.0 Å². The van der Waals surface area contributed by atoms with Crippen LogP contribution in [0.3, 0.4) is 0 Å². The Morgan fingerprint density at radius 2 is 1.84 bits per heavy atom. The molecule has 112 valence electrons. The van der Waals surface area contributed by atoms with Gasteiger partial charge in [-0.3, -0.25) is 0 Å². The van der Waals surface area contributed by atoms with E-state index in [1.165, 1.54) is 0 Å². The zero-order chi connectivity index (χ0) is 13.9. The monoisotopic (exact) mass is 288 g/mol. The summed E-state index contributed by atoms with van der Waals surface area (Å²) in [6, 6.07) is 0.441. The van der Waals surface area contributed by atoms with Crippen LogP contribution in [0.4, 0.5) is 0 Å². The fourth-order valence-electron chi connectivity index (χ4n) is 3.52. The highest BCUT2D eigenvalue weighted by Gasteiger charge is 2.38. The second-order valence-corrected chi connectivity index (χ2v) is 8.11. The molecule has 2 unspecified atom stereocenters. The normalized spacial score (nSPS) is 30.8. The SMILES string of the molecule is CCC1CCC(C)N1S(=O)(=O)CCC1CCNCC1. The molecule has 0 radical (unpaired) electrons. The van der Waals surface area contributed by atoms with E-state index in [-0.39, 0.29) is 12.1 Å². The van der Waals surface area contributed by atoms with Crippen LogP contribution in [-0.2, 0) is 10.0 Å². The Bertz CT molecular complexity index is 377. The predicted octanol–water partition coefficient (Wildman–Crippen LogP) is 1.97. The van der Waals surface area contributed by atoms with Gasteiger partial charge < -0.3 is 5.32 Å². The third-order valence-corrected chi connectivity index (χ3v) is 6.80. The molecule has 0 aromatic carbocycles. The quantitative estimate of drug-likeness (QED) is 0.841. The molecule has 2 rings (SSSR count). The number of rotatable bonds is 5. The molecule has 2 aliphatic rings. The Labute approximate surface area is 118 Å². The Hall–Kier alpha value is -0.130. The van der Waals surface area contributed by atoms with Crippen molar-refractivity contribution in [2.24, 2.45) is 5.92 Å². The third kappa shape index (κ3) is 3.70. The molecule has 0 saturated carbocycles. The highest BCUT2D eigenvalue weighted by molar-refractivity contribution is 7.89. The van der Waals surface area contributed by atoms with E-state index >= 15 is 0 Å². The lowest BCUT2D eigenvalue weighted by molar-refractivity contribution is 0.321. The number of hydrogen-bond donors (Lipinski definition) is 1. The number of piperidine rings is 1.